The summed E-state index contributed by atoms with van der Waals surface area (Å²) in [7, 11) is 7.03. The Balaban J connectivity index is 0.000000292. The zero-order valence-electron chi connectivity index (χ0n) is 43.1. The molecule has 0 aliphatic carbocycles. The van der Waals surface area contributed by atoms with E-state index in [0.29, 0.717) is 29.0 Å². The highest BCUT2D eigenvalue weighted by Crippen LogP contribution is 2.38. The Kier molecular flexibility index (Phi) is 22.2. The van der Waals surface area contributed by atoms with Gasteiger partial charge in [-0.2, -0.15) is 0 Å². The minimum absolute atomic E-state index is 0.0849. The maximum atomic E-state index is 15.0. The molecule has 71 heavy (non-hydrogen) atoms. The molecule has 19 heteroatoms. The number of Topliss-reactive ketones (excluding diaryl/α,β-unsaturated/α-hetero) is 1. The van der Waals surface area contributed by atoms with E-state index in [9.17, 15) is 28.3 Å². The number of fused-ring (bicyclic) bond motifs is 4. The molecule has 4 heterocycles. The van der Waals surface area contributed by atoms with Crippen LogP contribution in [-0.2, 0) is 42.7 Å². The SMILES string of the molecule is COCOc1cc(OC)cc2c1C(=O)O[C@@H](C)[C@H](C)/C=C(/F)C(=O)C1OC(C)(C)OC1C/C=C/2.COCOc1cc(OC)cc2c1C(=O)O[C@@H](C)[C@H](C)/C=C(/F)C(O)C1OC(C)(C)OC1C/C=C/2.CPC. The lowest BCUT2D eigenvalue weighted by molar-refractivity contribution is -0.153. The van der Waals surface area contributed by atoms with E-state index in [-0.39, 0.29) is 42.6 Å². The van der Waals surface area contributed by atoms with Crippen LogP contribution in [0.2, 0.25) is 0 Å². The first-order chi connectivity index (χ1) is 33.5. The summed E-state index contributed by atoms with van der Waals surface area (Å²) < 4.78 is 96.4. The Hall–Kier alpha value is -4.78. The first-order valence-electron chi connectivity index (χ1n) is 23.2. The van der Waals surface area contributed by atoms with E-state index in [1.807, 2.05) is 0 Å². The molecule has 9 atom stereocenters. The highest BCUT2D eigenvalue weighted by atomic mass is 31.1. The second kappa shape index (κ2) is 26.8. The number of benzene rings is 2. The maximum absolute atomic E-state index is 15.0. The zero-order chi connectivity index (χ0) is 52.8. The summed E-state index contributed by atoms with van der Waals surface area (Å²) >= 11 is 0. The van der Waals surface area contributed by atoms with Crippen molar-refractivity contribution in [2.45, 2.75) is 123 Å². The minimum atomic E-state index is -1.52. The van der Waals surface area contributed by atoms with E-state index >= 15 is 0 Å². The fourth-order valence-electron chi connectivity index (χ4n) is 7.73. The molecule has 4 aliphatic rings. The van der Waals surface area contributed by atoms with Crippen LogP contribution in [0.15, 0.2) is 60.2 Å². The molecular weight excluding hydrogens is 950 g/mol. The summed E-state index contributed by atoms with van der Waals surface area (Å²) in [4.78, 5) is 39.2. The van der Waals surface area contributed by atoms with E-state index in [1.165, 1.54) is 34.5 Å². The van der Waals surface area contributed by atoms with Crippen molar-refractivity contribution in [3.05, 3.63) is 82.5 Å². The van der Waals surface area contributed by atoms with Crippen molar-refractivity contribution in [2.24, 2.45) is 11.8 Å². The number of aliphatic hydroxyl groups is 1. The van der Waals surface area contributed by atoms with Crippen molar-refractivity contribution in [3.63, 3.8) is 0 Å². The quantitative estimate of drug-likeness (QED) is 0.150. The van der Waals surface area contributed by atoms with Crippen LogP contribution in [0.3, 0.4) is 0 Å². The van der Waals surface area contributed by atoms with Crippen LogP contribution in [0.5, 0.6) is 23.0 Å². The van der Waals surface area contributed by atoms with Gasteiger partial charge in [0.15, 0.2) is 37.1 Å². The van der Waals surface area contributed by atoms with Gasteiger partial charge >= 0.3 is 11.9 Å². The maximum Gasteiger partial charge on any atom is 0.342 e. The average molecular weight is 1020 g/mol. The third kappa shape index (κ3) is 16.1. The van der Waals surface area contributed by atoms with Crippen LogP contribution >= 0.6 is 8.58 Å². The average Bonchev–Trinajstić information content (AvgIpc) is 3.81. The van der Waals surface area contributed by atoms with Gasteiger partial charge in [0.25, 0.3) is 0 Å². The second-order valence-electron chi connectivity index (χ2n) is 18.1. The molecule has 0 radical (unpaired) electrons. The smallest absolute Gasteiger partial charge is 0.342 e. The predicted molar refractivity (Wildman–Crippen MR) is 264 cm³/mol. The van der Waals surface area contributed by atoms with E-state index < -0.39 is 95.5 Å². The molecule has 394 valence electrons. The molecule has 2 aromatic carbocycles. The Morgan fingerprint density at radius 1 is 0.662 bits per heavy atom. The number of hydrogen-bond donors (Lipinski definition) is 1. The lowest BCUT2D eigenvalue weighted by Crippen LogP contribution is -2.36. The molecular formula is C52H71F2O16P. The summed E-state index contributed by atoms with van der Waals surface area (Å²) in [6, 6.07) is 6.50. The van der Waals surface area contributed by atoms with E-state index in [1.54, 1.807) is 104 Å². The lowest BCUT2D eigenvalue weighted by atomic mass is 9.98. The number of cyclic esters (lactones) is 2. The number of carbonyl (C=O) groups excluding carboxylic acids is 3. The molecule has 2 aromatic rings. The molecule has 0 bridgehead atoms. The standard InChI is InChI=1S/C25H33FO8.C25H31FO8.C2H7P/c2*1-14-10-18(26)22(27)23-19(33-25(3,4)34-23)9-7-8-16-11-17(30-6)12-20(31-13-29-5)21(16)24(28)32-15(14)2;1-3-2/h7-8,10-12,14-15,19,22-23,27H,9,13H2,1-6H3;7-8,10-12,14-15,19,23H,9,13H2,1-6H3;3H,1-2H3/b2*8-7+,18-10+;/t14-,15+,19?,22?,23?;14-,15+,19?,23?;/m11./s1. The summed E-state index contributed by atoms with van der Waals surface area (Å²) in [5.41, 5.74) is 1.35. The monoisotopic (exact) mass is 1020 g/mol. The molecule has 6 rings (SSSR count). The Morgan fingerprint density at radius 2 is 1.10 bits per heavy atom. The highest BCUT2D eigenvalue weighted by Gasteiger charge is 2.47. The van der Waals surface area contributed by atoms with Crippen molar-refractivity contribution < 1.29 is 85.1 Å². The van der Waals surface area contributed by atoms with Gasteiger partial charge in [0.05, 0.1) is 26.4 Å². The summed E-state index contributed by atoms with van der Waals surface area (Å²) in [6.07, 6.45) is 3.51. The number of halogens is 2. The van der Waals surface area contributed by atoms with Crippen LogP contribution in [0.1, 0.15) is 100 Å². The van der Waals surface area contributed by atoms with Crippen LogP contribution in [-0.4, -0.2) is 132 Å². The molecule has 0 amide bonds. The topological polar surface area (TPSA) is 182 Å². The molecule has 4 aliphatic heterocycles. The molecule has 16 nitrogen and oxygen atoms in total. The first kappa shape index (κ1) is 58.8. The lowest BCUT2D eigenvalue weighted by Gasteiger charge is -2.24. The molecule has 2 saturated heterocycles. The van der Waals surface area contributed by atoms with Crippen LogP contribution in [0.4, 0.5) is 8.78 Å². The van der Waals surface area contributed by atoms with Gasteiger partial charge in [-0.05, 0) is 103 Å². The Morgan fingerprint density at radius 3 is 1.56 bits per heavy atom. The van der Waals surface area contributed by atoms with Gasteiger partial charge in [-0.15, -0.1) is 8.58 Å². The van der Waals surface area contributed by atoms with E-state index in [2.05, 4.69) is 13.3 Å². The van der Waals surface area contributed by atoms with Crippen LogP contribution < -0.4 is 18.9 Å². The molecule has 2 fully saturated rings. The van der Waals surface area contributed by atoms with Gasteiger partial charge in [-0.1, -0.05) is 38.2 Å². The zero-order valence-corrected chi connectivity index (χ0v) is 44.1. The normalized spacial score (nSPS) is 29.7. The van der Waals surface area contributed by atoms with Crippen molar-refractivity contribution in [1.29, 1.82) is 0 Å². The number of ketones is 1. The number of methoxy groups -OCH3 is 4. The third-order valence-corrected chi connectivity index (χ3v) is 11.5. The van der Waals surface area contributed by atoms with Crippen molar-refractivity contribution in [1.82, 2.24) is 0 Å². The highest BCUT2D eigenvalue weighted by molar-refractivity contribution is 7.35. The fraction of sp³-hybridized carbons (Fsp3) is 0.558. The molecule has 5 unspecified atom stereocenters. The summed E-state index contributed by atoms with van der Waals surface area (Å²) in [5, 5.41) is 10.7. The summed E-state index contributed by atoms with van der Waals surface area (Å²) in [5.74, 6) is -5.60. The molecule has 0 saturated carbocycles. The summed E-state index contributed by atoms with van der Waals surface area (Å²) in [6.45, 7) is 17.5. The largest absolute Gasteiger partial charge is 0.497 e. The number of esters is 2. The molecule has 0 aromatic heterocycles. The number of rotatable bonds is 8. The fourth-order valence-corrected chi connectivity index (χ4v) is 7.73. The number of aliphatic hydroxyl groups excluding tert-OH is 1. The van der Waals surface area contributed by atoms with Crippen molar-refractivity contribution >= 4 is 38.5 Å². The number of hydrogen-bond acceptors (Lipinski definition) is 16. The first-order valence-corrected chi connectivity index (χ1v) is 25.2. The Labute approximate surface area is 417 Å². The van der Waals surface area contributed by atoms with Crippen LogP contribution in [0, 0.1) is 11.8 Å². The van der Waals surface area contributed by atoms with Gasteiger partial charge < -0.3 is 61.9 Å². The molecule has 1 N–H and O–H groups in total. The van der Waals surface area contributed by atoms with Gasteiger partial charge in [-0.3, -0.25) is 4.79 Å². The second-order valence-corrected chi connectivity index (χ2v) is 19.1. The van der Waals surface area contributed by atoms with Gasteiger partial charge in [0, 0.05) is 38.2 Å². The third-order valence-electron chi connectivity index (χ3n) is 11.5. The van der Waals surface area contributed by atoms with E-state index in [0.717, 1.165) is 14.7 Å². The minimum Gasteiger partial charge on any atom is -0.497 e. The molecule has 0 spiro atoms. The Bertz CT molecular complexity index is 2260. The predicted octanol–water partition coefficient (Wildman–Crippen LogP) is 9.15. The van der Waals surface area contributed by atoms with Gasteiger partial charge in [0.1, 0.15) is 64.4 Å². The number of carbonyl (C=O) groups is 3. The van der Waals surface area contributed by atoms with Gasteiger partial charge in [-0.25, -0.2) is 18.4 Å². The van der Waals surface area contributed by atoms with Crippen molar-refractivity contribution in [2.75, 3.05) is 55.4 Å². The van der Waals surface area contributed by atoms with Crippen molar-refractivity contribution in [3.8, 4) is 23.0 Å². The number of ether oxygens (including phenoxy) is 12. The van der Waals surface area contributed by atoms with Crippen LogP contribution in [0.25, 0.3) is 12.2 Å². The van der Waals surface area contributed by atoms with E-state index in [4.69, 9.17) is 56.8 Å². The van der Waals surface area contributed by atoms with Gasteiger partial charge in [0.2, 0.25) is 5.78 Å².